The fraction of sp³-hybridized carbons (Fsp3) is 0.364. The lowest BCUT2D eigenvalue weighted by molar-refractivity contribution is 0.101. The summed E-state index contributed by atoms with van der Waals surface area (Å²) >= 11 is 3.71. The first-order valence-electron chi connectivity index (χ1n) is 9.54. The summed E-state index contributed by atoms with van der Waals surface area (Å²) in [6.45, 7) is 5.31. The standard InChI is InChI=1S/C7H10N2O.C7H12N2.C7H9NO.CH4S2/c1-6(8-10)7-3-4-9(2)5-7;1-6(8)7-3-4-9(2)5-7;1-6(9)7-3-4-8(2)5-7;1-3-2/h3-5,10H,1-2H3;3-6H,8H2,1-2H3;3-5H,1-2H3;2H,1H3. The molecule has 31 heavy (non-hydrogen) atoms. The van der Waals surface area contributed by atoms with Crippen molar-refractivity contribution in [1.82, 2.24) is 13.7 Å². The average molecular weight is 466 g/mol. The van der Waals surface area contributed by atoms with Crippen molar-refractivity contribution in [2.75, 3.05) is 6.26 Å². The quantitative estimate of drug-likeness (QED) is 0.131. The van der Waals surface area contributed by atoms with Crippen LogP contribution < -0.4 is 5.73 Å². The van der Waals surface area contributed by atoms with E-state index >= 15 is 0 Å². The molecule has 3 N–H and O–H groups in total. The highest BCUT2D eigenvalue weighted by Gasteiger charge is 1.98. The number of nitrogens with zero attached hydrogens (tertiary/aromatic N) is 4. The molecule has 0 bridgehead atoms. The van der Waals surface area contributed by atoms with Gasteiger partial charge in [0, 0.05) is 75.5 Å². The van der Waals surface area contributed by atoms with Gasteiger partial charge in [-0.3, -0.25) is 4.79 Å². The van der Waals surface area contributed by atoms with Gasteiger partial charge < -0.3 is 24.6 Å². The number of Topliss-reactive ketones (excluding diaryl/α,β-unsaturated/α-hetero) is 1. The Balaban J connectivity index is 0.000000410. The van der Waals surface area contributed by atoms with E-state index < -0.39 is 0 Å². The smallest absolute Gasteiger partial charge is 0.161 e. The highest BCUT2D eigenvalue weighted by molar-refractivity contribution is 8.68. The van der Waals surface area contributed by atoms with E-state index in [4.69, 9.17) is 10.9 Å². The highest BCUT2D eigenvalue weighted by atomic mass is 33.1. The van der Waals surface area contributed by atoms with Crippen LogP contribution in [0.3, 0.4) is 0 Å². The van der Waals surface area contributed by atoms with Crippen LogP contribution in [0.4, 0.5) is 0 Å². The van der Waals surface area contributed by atoms with Crippen LogP contribution in [0, 0.1) is 0 Å². The maximum atomic E-state index is 10.6. The highest BCUT2D eigenvalue weighted by Crippen LogP contribution is 2.07. The molecule has 0 aromatic carbocycles. The number of aromatic nitrogens is 3. The zero-order chi connectivity index (χ0) is 24.0. The molecule has 1 atom stereocenters. The van der Waals surface area contributed by atoms with Crippen molar-refractivity contribution in [3.63, 3.8) is 0 Å². The number of thiol groups is 1. The molecule has 1 unspecified atom stereocenters. The number of hydrogen-bond acceptors (Lipinski definition) is 6. The monoisotopic (exact) mass is 465 g/mol. The van der Waals surface area contributed by atoms with Gasteiger partial charge in [0.05, 0.1) is 5.71 Å². The molecular formula is C22H35N5O2S2. The molecule has 0 spiro atoms. The second-order valence-corrected chi connectivity index (χ2v) is 8.42. The molecule has 3 rings (SSSR count). The van der Waals surface area contributed by atoms with Gasteiger partial charge >= 0.3 is 0 Å². The van der Waals surface area contributed by atoms with E-state index in [0.717, 1.165) is 11.1 Å². The molecule has 0 aliphatic rings. The molecular weight excluding hydrogens is 430 g/mol. The molecule has 0 fully saturated rings. The lowest BCUT2D eigenvalue weighted by Crippen LogP contribution is -2.03. The largest absolute Gasteiger partial charge is 0.411 e. The Morgan fingerprint density at radius 3 is 1.65 bits per heavy atom. The van der Waals surface area contributed by atoms with Gasteiger partial charge in [0.25, 0.3) is 0 Å². The summed E-state index contributed by atoms with van der Waals surface area (Å²) in [4.78, 5) is 10.6. The van der Waals surface area contributed by atoms with Crippen molar-refractivity contribution in [2.24, 2.45) is 32.0 Å². The number of ketones is 1. The molecule has 9 heteroatoms. The van der Waals surface area contributed by atoms with Gasteiger partial charge in [0.2, 0.25) is 0 Å². The SMILES string of the molecule is CC(=NO)c1ccn(C)c1.CC(=O)c1ccn(C)c1.CC(N)c1ccn(C)c1.CSS. The van der Waals surface area contributed by atoms with Gasteiger partial charge in [-0.05, 0) is 50.8 Å². The van der Waals surface area contributed by atoms with E-state index in [-0.39, 0.29) is 11.8 Å². The van der Waals surface area contributed by atoms with Crippen LogP contribution in [-0.4, -0.2) is 36.7 Å². The second-order valence-electron chi connectivity index (χ2n) is 6.95. The van der Waals surface area contributed by atoms with Crippen LogP contribution in [0.5, 0.6) is 0 Å². The zero-order valence-corrected chi connectivity index (χ0v) is 21.1. The third kappa shape index (κ3) is 12.2. The van der Waals surface area contributed by atoms with Gasteiger partial charge in [0.15, 0.2) is 5.78 Å². The predicted molar refractivity (Wildman–Crippen MR) is 135 cm³/mol. The average Bonchev–Trinajstić information content (AvgIpc) is 3.44. The molecule has 3 aromatic heterocycles. The van der Waals surface area contributed by atoms with Gasteiger partial charge in [-0.2, -0.15) is 0 Å². The Hall–Kier alpha value is -2.36. The van der Waals surface area contributed by atoms with E-state index in [9.17, 15) is 4.79 Å². The Labute approximate surface area is 194 Å². The molecule has 7 nitrogen and oxygen atoms in total. The van der Waals surface area contributed by atoms with Gasteiger partial charge in [-0.15, -0.1) is 22.5 Å². The normalized spacial score (nSPS) is 11.2. The third-order valence-corrected chi connectivity index (χ3v) is 4.02. The second kappa shape index (κ2) is 15.4. The van der Waals surface area contributed by atoms with Crippen molar-refractivity contribution in [3.05, 3.63) is 72.1 Å². The van der Waals surface area contributed by atoms with E-state index in [1.807, 2.05) is 103 Å². The fourth-order valence-electron chi connectivity index (χ4n) is 2.28. The van der Waals surface area contributed by atoms with E-state index in [1.54, 1.807) is 13.8 Å². The lowest BCUT2D eigenvalue weighted by atomic mass is 10.2. The van der Waals surface area contributed by atoms with Crippen molar-refractivity contribution in [2.45, 2.75) is 26.8 Å². The number of oxime groups is 1. The maximum Gasteiger partial charge on any atom is 0.161 e. The van der Waals surface area contributed by atoms with Crippen molar-refractivity contribution in [3.8, 4) is 0 Å². The Morgan fingerprint density at radius 1 is 1.00 bits per heavy atom. The van der Waals surface area contributed by atoms with Crippen molar-refractivity contribution in [1.29, 1.82) is 0 Å². The fourth-order valence-corrected chi connectivity index (χ4v) is 2.28. The summed E-state index contributed by atoms with van der Waals surface area (Å²) in [5.74, 6) is 0.121. The summed E-state index contributed by atoms with van der Waals surface area (Å²) in [7, 11) is 7.26. The van der Waals surface area contributed by atoms with Crippen molar-refractivity contribution < 1.29 is 10.0 Å². The summed E-state index contributed by atoms with van der Waals surface area (Å²) in [5, 5.41) is 11.5. The molecule has 0 aliphatic carbocycles. The Bertz CT molecular complexity index is 926. The minimum absolute atomic E-state index is 0.121. The van der Waals surface area contributed by atoms with Crippen LogP contribution in [0.1, 0.15) is 48.3 Å². The molecule has 0 radical (unpaired) electrons. The minimum atomic E-state index is 0.121. The van der Waals surface area contributed by atoms with Crippen LogP contribution in [-0.2, 0) is 21.1 Å². The van der Waals surface area contributed by atoms with Gasteiger partial charge in [0.1, 0.15) is 0 Å². The van der Waals surface area contributed by atoms with E-state index in [0.29, 0.717) is 5.71 Å². The number of carbonyl (C=O) groups is 1. The molecule has 0 saturated carbocycles. The van der Waals surface area contributed by atoms with Crippen LogP contribution >= 0.6 is 22.5 Å². The number of carbonyl (C=O) groups excluding carboxylic acids is 1. The zero-order valence-electron chi connectivity index (χ0n) is 19.4. The molecule has 0 amide bonds. The van der Waals surface area contributed by atoms with E-state index in [2.05, 4.69) is 16.8 Å². The predicted octanol–water partition coefficient (Wildman–Crippen LogP) is 4.69. The summed E-state index contributed by atoms with van der Waals surface area (Å²) in [5.41, 5.74) is 9.17. The third-order valence-electron chi connectivity index (χ3n) is 4.02. The minimum Gasteiger partial charge on any atom is -0.411 e. The topological polar surface area (TPSA) is 90.5 Å². The van der Waals surface area contributed by atoms with Crippen molar-refractivity contribution >= 4 is 33.9 Å². The molecule has 3 heterocycles. The summed E-state index contributed by atoms with van der Waals surface area (Å²) in [6.07, 6.45) is 13.4. The number of hydrogen-bond donors (Lipinski definition) is 3. The van der Waals surface area contributed by atoms with Crippen LogP contribution in [0.25, 0.3) is 0 Å². The first-order chi connectivity index (χ1) is 14.5. The lowest BCUT2D eigenvalue weighted by Gasteiger charge is -1.97. The van der Waals surface area contributed by atoms with Gasteiger partial charge in [-0.25, -0.2) is 0 Å². The van der Waals surface area contributed by atoms with Crippen LogP contribution in [0.15, 0.2) is 60.5 Å². The van der Waals surface area contributed by atoms with Gasteiger partial charge in [-0.1, -0.05) is 5.16 Å². The van der Waals surface area contributed by atoms with Crippen LogP contribution in [0.2, 0.25) is 0 Å². The Kier molecular flexibility index (Phi) is 14.3. The first-order valence-corrected chi connectivity index (χ1v) is 11.8. The summed E-state index contributed by atoms with van der Waals surface area (Å²) < 4.78 is 5.76. The maximum absolute atomic E-state index is 10.6. The Morgan fingerprint density at radius 2 is 1.42 bits per heavy atom. The number of rotatable bonds is 3. The van der Waals surface area contributed by atoms with E-state index in [1.165, 1.54) is 16.4 Å². The molecule has 0 saturated heterocycles. The molecule has 3 aromatic rings. The number of nitrogens with two attached hydrogens (primary N) is 1. The summed E-state index contributed by atoms with van der Waals surface area (Å²) in [6, 6.07) is 5.90. The number of aryl methyl sites for hydroxylation is 3. The molecule has 172 valence electrons. The molecule has 0 aliphatic heterocycles. The first kappa shape index (κ1) is 28.6.